The Morgan fingerprint density at radius 3 is 2.67 bits per heavy atom. The lowest BCUT2D eigenvalue weighted by Crippen LogP contribution is -2.41. The first-order valence-corrected chi connectivity index (χ1v) is 7.50. The average molecular weight is 292 g/mol. The predicted molar refractivity (Wildman–Crippen MR) is 80.9 cm³/mol. The van der Waals surface area contributed by atoms with Crippen LogP contribution in [-0.4, -0.2) is 54.8 Å². The fourth-order valence-corrected chi connectivity index (χ4v) is 2.38. The Hall–Kier alpha value is -1.43. The zero-order valence-electron chi connectivity index (χ0n) is 12.5. The van der Waals surface area contributed by atoms with Gasteiger partial charge in [-0.3, -0.25) is 9.69 Å². The Morgan fingerprint density at radius 2 is 2.00 bits per heavy atom. The zero-order chi connectivity index (χ0) is 15.1. The second kappa shape index (κ2) is 8.12. The summed E-state index contributed by atoms with van der Waals surface area (Å²) in [5.41, 5.74) is 0.621. The third-order valence-corrected chi connectivity index (χ3v) is 3.73. The Morgan fingerprint density at radius 1 is 1.33 bits per heavy atom. The molecule has 0 aliphatic carbocycles. The molecule has 1 aromatic carbocycles. The number of nitrogens with zero attached hydrogens (tertiary/aromatic N) is 1. The van der Waals surface area contributed by atoms with E-state index in [-0.39, 0.29) is 11.9 Å². The summed E-state index contributed by atoms with van der Waals surface area (Å²) < 4.78 is 5.31. The maximum absolute atomic E-state index is 12.0. The third-order valence-electron chi connectivity index (χ3n) is 3.73. The standard InChI is InChI=1S/C16H24N2O3/c1-13(7-8-18-9-11-21-12-10-18)17-16(20)15(19)14-5-3-2-4-6-14/h2-6,13,15,19H,7-12H2,1H3,(H,17,20). The summed E-state index contributed by atoms with van der Waals surface area (Å²) in [6.07, 6.45) is -0.232. The van der Waals surface area contributed by atoms with Crippen molar-refractivity contribution in [3.8, 4) is 0 Å². The first-order chi connectivity index (χ1) is 10.2. The molecule has 116 valence electrons. The number of nitrogens with one attached hydrogen (secondary N) is 1. The van der Waals surface area contributed by atoms with Crippen molar-refractivity contribution in [1.82, 2.24) is 10.2 Å². The molecular weight excluding hydrogens is 268 g/mol. The van der Waals surface area contributed by atoms with Crippen LogP contribution in [0.15, 0.2) is 30.3 Å². The third kappa shape index (κ3) is 5.12. The smallest absolute Gasteiger partial charge is 0.253 e. The number of amides is 1. The Bertz CT molecular complexity index is 432. The van der Waals surface area contributed by atoms with E-state index in [9.17, 15) is 9.90 Å². The summed E-state index contributed by atoms with van der Waals surface area (Å²) in [5, 5.41) is 12.9. The van der Waals surface area contributed by atoms with Crippen LogP contribution in [0, 0.1) is 0 Å². The van der Waals surface area contributed by atoms with Crippen LogP contribution >= 0.6 is 0 Å². The van der Waals surface area contributed by atoms with Crippen LogP contribution in [0.4, 0.5) is 0 Å². The lowest BCUT2D eigenvalue weighted by molar-refractivity contribution is -0.130. The van der Waals surface area contributed by atoms with Crippen molar-refractivity contribution in [2.75, 3.05) is 32.8 Å². The number of benzene rings is 1. The van der Waals surface area contributed by atoms with Gasteiger partial charge in [0.05, 0.1) is 13.2 Å². The lowest BCUT2D eigenvalue weighted by Gasteiger charge is -2.28. The molecule has 5 nitrogen and oxygen atoms in total. The molecule has 0 bridgehead atoms. The lowest BCUT2D eigenvalue weighted by atomic mass is 10.1. The molecule has 5 heteroatoms. The molecule has 0 aromatic heterocycles. The minimum atomic E-state index is -1.10. The highest BCUT2D eigenvalue weighted by Crippen LogP contribution is 2.12. The van der Waals surface area contributed by atoms with Crippen molar-refractivity contribution < 1.29 is 14.6 Å². The molecule has 2 atom stereocenters. The van der Waals surface area contributed by atoms with Gasteiger partial charge in [0, 0.05) is 25.7 Å². The van der Waals surface area contributed by atoms with Crippen molar-refractivity contribution in [1.29, 1.82) is 0 Å². The molecule has 21 heavy (non-hydrogen) atoms. The number of carbonyl (C=O) groups is 1. The molecule has 0 spiro atoms. The summed E-state index contributed by atoms with van der Waals surface area (Å²) in [6.45, 7) is 6.38. The first kappa shape index (κ1) is 15.9. The SMILES string of the molecule is CC(CCN1CCOCC1)NC(=O)C(O)c1ccccc1. The highest BCUT2D eigenvalue weighted by atomic mass is 16.5. The quantitative estimate of drug-likeness (QED) is 0.819. The van der Waals surface area contributed by atoms with Gasteiger partial charge < -0.3 is 15.2 Å². The molecule has 1 heterocycles. The second-order valence-corrected chi connectivity index (χ2v) is 5.47. The number of hydrogen-bond donors (Lipinski definition) is 2. The van der Waals surface area contributed by atoms with E-state index >= 15 is 0 Å². The van der Waals surface area contributed by atoms with Gasteiger partial charge in [0.15, 0.2) is 6.10 Å². The van der Waals surface area contributed by atoms with Gasteiger partial charge in [-0.15, -0.1) is 0 Å². The normalized spacial score (nSPS) is 19.0. The highest BCUT2D eigenvalue weighted by Gasteiger charge is 2.19. The Labute approximate surface area is 125 Å². The summed E-state index contributed by atoms with van der Waals surface area (Å²) >= 11 is 0. The van der Waals surface area contributed by atoms with Crippen molar-refractivity contribution in [2.45, 2.75) is 25.5 Å². The van der Waals surface area contributed by atoms with Crippen molar-refractivity contribution in [3.63, 3.8) is 0 Å². The highest BCUT2D eigenvalue weighted by molar-refractivity contribution is 5.82. The van der Waals surface area contributed by atoms with Crippen molar-refractivity contribution in [2.24, 2.45) is 0 Å². The predicted octanol–water partition coefficient (Wildman–Crippen LogP) is 0.947. The van der Waals surface area contributed by atoms with Gasteiger partial charge in [0.25, 0.3) is 5.91 Å². The van der Waals surface area contributed by atoms with Crippen LogP contribution in [0.5, 0.6) is 0 Å². The fourth-order valence-electron chi connectivity index (χ4n) is 2.38. The Balaban J connectivity index is 1.73. The number of aliphatic hydroxyl groups is 1. The van der Waals surface area contributed by atoms with Crippen LogP contribution in [0.3, 0.4) is 0 Å². The van der Waals surface area contributed by atoms with Crippen LogP contribution in [0.2, 0.25) is 0 Å². The van der Waals surface area contributed by atoms with Crippen LogP contribution in [0.25, 0.3) is 0 Å². The number of ether oxygens (including phenoxy) is 1. The van der Waals surface area contributed by atoms with Gasteiger partial charge in [0.1, 0.15) is 0 Å². The topological polar surface area (TPSA) is 61.8 Å². The van der Waals surface area contributed by atoms with Gasteiger partial charge in [-0.2, -0.15) is 0 Å². The Kier molecular flexibility index (Phi) is 6.17. The molecule has 1 fully saturated rings. The molecule has 1 saturated heterocycles. The summed E-state index contributed by atoms with van der Waals surface area (Å²) in [4.78, 5) is 14.3. The number of carbonyl (C=O) groups excluding carboxylic acids is 1. The number of rotatable bonds is 6. The van der Waals surface area contributed by atoms with E-state index in [0.717, 1.165) is 39.3 Å². The van der Waals surface area contributed by atoms with Crippen LogP contribution < -0.4 is 5.32 Å². The van der Waals surface area contributed by atoms with Gasteiger partial charge in [0.2, 0.25) is 0 Å². The summed E-state index contributed by atoms with van der Waals surface area (Å²) in [6, 6.07) is 9.03. The van der Waals surface area contributed by atoms with Crippen LogP contribution in [0.1, 0.15) is 25.0 Å². The van der Waals surface area contributed by atoms with E-state index in [4.69, 9.17) is 4.74 Å². The molecule has 2 rings (SSSR count). The zero-order valence-corrected chi connectivity index (χ0v) is 12.5. The molecule has 2 unspecified atom stereocenters. The maximum Gasteiger partial charge on any atom is 0.253 e. The van der Waals surface area contributed by atoms with E-state index in [1.54, 1.807) is 12.1 Å². The van der Waals surface area contributed by atoms with Crippen LogP contribution in [-0.2, 0) is 9.53 Å². The van der Waals surface area contributed by atoms with E-state index in [1.165, 1.54) is 0 Å². The summed E-state index contributed by atoms with van der Waals surface area (Å²) in [7, 11) is 0. The summed E-state index contributed by atoms with van der Waals surface area (Å²) in [5.74, 6) is -0.337. The minimum Gasteiger partial charge on any atom is -0.379 e. The van der Waals surface area contributed by atoms with Crippen molar-refractivity contribution in [3.05, 3.63) is 35.9 Å². The van der Waals surface area contributed by atoms with Crippen molar-refractivity contribution >= 4 is 5.91 Å². The van der Waals surface area contributed by atoms with Gasteiger partial charge in [-0.1, -0.05) is 30.3 Å². The molecule has 0 radical (unpaired) electrons. The van der Waals surface area contributed by atoms with Gasteiger partial charge in [-0.25, -0.2) is 0 Å². The molecule has 2 N–H and O–H groups in total. The first-order valence-electron chi connectivity index (χ1n) is 7.50. The second-order valence-electron chi connectivity index (χ2n) is 5.47. The van der Waals surface area contributed by atoms with E-state index < -0.39 is 6.10 Å². The van der Waals surface area contributed by atoms with Gasteiger partial charge >= 0.3 is 0 Å². The molecule has 1 aliphatic rings. The number of aliphatic hydroxyl groups excluding tert-OH is 1. The largest absolute Gasteiger partial charge is 0.379 e. The number of morpholine rings is 1. The van der Waals surface area contributed by atoms with Gasteiger partial charge in [-0.05, 0) is 18.9 Å². The monoisotopic (exact) mass is 292 g/mol. The average Bonchev–Trinajstić information content (AvgIpc) is 2.54. The number of hydrogen-bond acceptors (Lipinski definition) is 4. The fraction of sp³-hybridized carbons (Fsp3) is 0.562. The molecular formula is C16H24N2O3. The van der Waals surface area contributed by atoms with E-state index in [1.807, 2.05) is 25.1 Å². The van der Waals surface area contributed by atoms with E-state index in [2.05, 4.69) is 10.2 Å². The molecule has 1 aromatic rings. The molecule has 1 aliphatic heterocycles. The van der Waals surface area contributed by atoms with E-state index in [0.29, 0.717) is 5.56 Å². The molecule has 1 amide bonds. The maximum atomic E-state index is 12.0. The minimum absolute atomic E-state index is 0.0405. The molecule has 0 saturated carbocycles.